The van der Waals surface area contributed by atoms with E-state index < -0.39 is 11.2 Å². The molecule has 1 aromatic carbocycles. The maximum absolute atomic E-state index is 12.6. The topological polar surface area (TPSA) is 95.2 Å². The second-order valence-corrected chi connectivity index (χ2v) is 6.44. The largest absolute Gasteiger partial charge is 0.494 e. The van der Waals surface area contributed by atoms with Crippen LogP contribution in [0.15, 0.2) is 46.1 Å². The Morgan fingerprint density at radius 1 is 1.11 bits per heavy atom. The molecule has 0 aliphatic carbocycles. The van der Waals surface area contributed by atoms with Crippen molar-refractivity contribution in [1.29, 1.82) is 0 Å². The van der Waals surface area contributed by atoms with Crippen LogP contribution >= 0.6 is 0 Å². The summed E-state index contributed by atoms with van der Waals surface area (Å²) in [6, 6.07) is 8.33. The first-order valence-electron chi connectivity index (χ1n) is 9.03. The molecule has 0 aliphatic heterocycles. The molecule has 0 bridgehead atoms. The molecular formula is C20H22N4O4. The van der Waals surface area contributed by atoms with Crippen LogP contribution in [0.1, 0.15) is 30.1 Å². The number of aryl methyl sites for hydroxylation is 1. The normalized spacial score (nSPS) is 10.8. The lowest BCUT2D eigenvalue weighted by atomic mass is 10.2. The Hall–Kier alpha value is -3.42. The van der Waals surface area contributed by atoms with Crippen LogP contribution < -0.4 is 21.3 Å². The fraction of sp³-hybridized carbons (Fsp3) is 0.300. The van der Waals surface area contributed by atoms with Gasteiger partial charge in [0, 0.05) is 25.9 Å². The van der Waals surface area contributed by atoms with Crippen LogP contribution in [0.5, 0.6) is 5.75 Å². The number of aromatic nitrogens is 3. The highest BCUT2D eigenvalue weighted by molar-refractivity contribution is 6.08. The van der Waals surface area contributed by atoms with Crippen LogP contribution in [-0.4, -0.2) is 26.6 Å². The van der Waals surface area contributed by atoms with Gasteiger partial charge in [-0.3, -0.25) is 18.7 Å². The molecule has 0 spiro atoms. The van der Waals surface area contributed by atoms with Gasteiger partial charge in [-0.15, -0.1) is 0 Å². The van der Waals surface area contributed by atoms with E-state index >= 15 is 0 Å². The predicted molar refractivity (Wildman–Crippen MR) is 107 cm³/mol. The van der Waals surface area contributed by atoms with E-state index in [9.17, 15) is 14.4 Å². The highest BCUT2D eigenvalue weighted by Gasteiger charge is 2.15. The first kappa shape index (κ1) is 19.3. The molecule has 28 heavy (non-hydrogen) atoms. The summed E-state index contributed by atoms with van der Waals surface area (Å²) in [6.45, 7) is 2.72. The van der Waals surface area contributed by atoms with Crippen LogP contribution in [0.25, 0.3) is 11.0 Å². The van der Waals surface area contributed by atoms with E-state index in [-0.39, 0.29) is 16.9 Å². The van der Waals surface area contributed by atoms with Crippen molar-refractivity contribution >= 4 is 22.6 Å². The lowest BCUT2D eigenvalue weighted by Crippen LogP contribution is -2.37. The van der Waals surface area contributed by atoms with Gasteiger partial charge in [0.15, 0.2) is 5.65 Å². The fourth-order valence-corrected chi connectivity index (χ4v) is 2.82. The summed E-state index contributed by atoms with van der Waals surface area (Å²) < 4.78 is 7.85. The smallest absolute Gasteiger partial charge is 0.332 e. The van der Waals surface area contributed by atoms with Crippen LogP contribution in [0.4, 0.5) is 5.69 Å². The fourth-order valence-electron chi connectivity index (χ4n) is 2.82. The summed E-state index contributed by atoms with van der Waals surface area (Å²) in [5.41, 5.74) is -0.0530. The van der Waals surface area contributed by atoms with Gasteiger partial charge in [-0.25, -0.2) is 9.78 Å². The Kier molecular flexibility index (Phi) is 5.58. The van der Waals surface area contributed by atoms with E-state index in [1.807, 2.05) is 0 Å². The summed E-state index contributed by atoms with van der Waals surface area (Å²) in [5.74, 6) is 0.326. The molecule has 0 saturated heterocycles. The Labute approximate surface area is 161 Å². The molecule has 2 heterocycles. The Morgan fingerprint density at radius 3 is 2.50 bits per heavy atom. The molecule has 146 valence electrons. The third kappa shape index (κ3) is 3.66. The van der Waals surface area contributed by atoms with Crippen molar-refractivity contribution in [2.24, 2.45) is 14.1 Å². The van der Waals surface area contributed by atoms with E-state index in [1.54, 1.807) is 24.3 Å². The van der Waals surface area contributed by atoms with E-state index in [2.05, 4.69) is 17.2 Å². The summed E-state index contributed by atoms with van der Waals surface area (Å²) in [5, 5.41) is 2.92. The van der Waals surface area contributed by atoms with E-state index in [4.69, 9.17) is 4.74 Å². The minimum Gasteiger partial charge on any atom is -0.494 e. The van der Waals surface area contributed by atoms with Gasteiger partial charge < -0.3 is 10.1 Å². The Bertz CT molecular complexity index is 1130. The molecule has 1 N–H and O–H groups in total. The van der Waals surface area contributed by atoms with Crippen molar-refractivity contribution < 1.29 is 9.53 Å². The van der Waals surface area contributed by atoms with Gasteiger partial charge in [0.2, 0.25) is 0 Å². The molecule has 0 unspecified atom stereocenters. The van der Waals surface area contributed by atoms with Gasteiger partial charge in [-0.05, 0) is 36.8 Å². The molecular weight excluding hydrogens is 360 g/mol. The van der Waals surface area contributed by atoms with Crippen LogP contribution in [0.2, 0.25) is 0 Å². The van der Waals surface area contributed by atoms with Gasteiger partial charge in [-0.1, -0.05) is 13.3 Å². The number of carbonyl (C=O) groups excluding carboxylic acids is 1. The SMILES string of the molecule is CCCCOc1ccc(C(=O)Nc2ccnc3c2c(=O)n(C)c(=O)n3C)cc1. The Balaban J connectivity index is 1.90. The third-order valence-corrected chi connectivity index (χ3v) is 4.47. The molecule has 0 radical (unpaired) electrons. The van der Waals surface area contributed by atoms with Gasteiger partial charge in [-0.2, -0.15) is 0 Å². The number of nitrogens with zero attached hydrogens (tertiary/aromatic N) is 3. The number of benzene rings is 1. The zero-order valence-corrected chi connectivity index (χ0v) is 16.1. The highest BCUT2D eigenvalue weighted by Crippen LogP contribution is 2.19. The van der Waals surface area contributed by atoms with Crippen molar-refractivity contribution in [2.45, 2.75) is 19.8 Å². The van der Waals surface area contributed by atoms with Crippen LogP contribution in [-0.2, 0) is 14.1 Å². The number of ether oxygens (including phenoxy) is 1. The van der Waals surface area contributed by atoms with Crippen molar-refractivity contribution in [3.8, 4) is 5.75 Å². The molecule has 3 rings (SSSR count). The third-order valence-electron chi connectivity index (χ3n) is 4.47. The number of rotatable bonds is 6. The standard InChI is InChI=1S/C20H22N4O4/c1-4-5-12-28-14-8-6-13(7-9-14)18(25)22-15-10-11-21-17-16(15)19(26)24(3)20(27)23(17)2/h6-11H,4-5,12H2,1-3H3,(H,21,22,25). The molecule has 8 nitrogen and oxygen atoms in total. The van der Waals surface area contributed by atoms with Crippen LogP contribution in [0, 0.1) is 0 Å². The average molecular weight is 382 g/mol. The number of carbonyl (C=O) groups is 1. The number of pyridine rings is 1. The maximum atomic E-state index is 12.6. The first-order chi connectivity index (χ1) is 13.4. The molecule has 0 aliphatic rings. The molecule has 1 amide bonds. The average Bonchev–Trinajstić information content (AvgIpc) is 2.71. The van der Waals surface area contributed by atoms with Crippen LogP contribution in [0.3, 0.4) is 0 Å². The zero-order chi connectivity index (χ0) is 20.3. The van der Waals surface area contributed by atoms with Crippen molar-refractivity contribution in [2.75, 3.05) is 11.9 Å². The number of unbranched alkanes of at least 4 members (excludes halogenated alkanes) is 1. The second kappa shape index (κ2) is 8.08. The predicted octanol–water partition coefficient (Wildman–Crippen LogP) is 2.06. The number of anilines is 1. The zero-order valence-electron chi connectivity index (χ0n) is 16.1. The number of hydrogen-bond donors (Lipinski definition) is 1. The van der Waals surface area contributed by atoms with Crippen molar-refractivity contribution in [3.05, 3.63) is 62.9 Å². The Morgan fingerprint density at radius 2 is 1.82 bits per heavy atom. The van der Waals surface area contributed by atoms with Crippen molar-refractivity contribution in [3.63, 3.8) is 0 Å². The second-order valence-electron chi connectivity index (χ2n) is 6.44. The summed E-state index contributed by atoms with van der Waals surface area (Å²) in [7, 11) is 2.92. The molecule has 8 heteroatoms. The molecule has 0 atom stereocenters. The molecule has 0 saturated carbocycles. The van der Waals surface area contributed by atoms with E-state index in [0.717, 1.165) is 17.4 Å². The monoisotopic (exact) mass is 382 g/mol. The number of amides is 1. The minimum absolute atomic E-state index is 0.181. The number of fused-ring (bicyclic) bond motifs is 1. The van der Waals surface area contributed by atoms with Gasteiger partial charge >= 0.3 is 5.69 Å². The van der Waals surface area contributed by atoms with Gasteiger partial charge in [0.25, 0.3) is 11.5 Å². The molecule has 2 aromatic heterocycles. The maximum Gasteiger partial charge on any atom is 0.332 e. The first-order valence-corrected chi connectivity index (χ1v) is 9.03. The lowest BCUT2D eigenvalue weighted by Gasteiger charge is -2.11. The van der Waals surface area contributed by atoms with Gasteiger partial charge in [0.1, 0.15) is 11.1 Å². The van der Waals surface area contributed by atoms with Gasteiger partial charge in [0.05, 0.1) is 12.3 Å². The number of nitrogens with one attached hydrogen (secondary N) is 1. The molecule has 0 fully saturated rings. The van der Waals surface area contributed by atoms with E-state index in [1.165, 1.54) is 30.9 Å². The number of hydrogen-bond acceptors (Lipinski definition) is 5. The highest BCUT2D eigenvalue weighted by atomic mass is 16.5. The van der Waals surface area contributed by atoms with Crippen molar-refractivity contribution in [1.82, 2.24) is 14.1 Å². The van der Waals surface area contributed by atoms with E-state index in [0.29, 0.717) is 23.6 Å². The summed E-state index contributed by atoms with van der Waals surface area (Å²) in [6.07, 6.45) is 3.46. The molecule has 3 aromatic rings. The summed E-state index contributed by atoms with van der Waals surface area (Å²) >= 11 is 0. The lowest BCUT2D eigenvalue weighted by molar-refractivity contribution is 0.102. The quantitative estimate of drug-likeness (QED) is 0.659. The minimum atomic E-state index is -0.513. The summed E-state index contributed by atoms with van der Waals surface area (Å²) in [4.78, 5) is 41.4.